The largest absolute Gasteiger partial charge is 0.444 e. The number of primary amides is 1. The van der Waals surface area contributed by atoms with Crippen LogP contribution in [0.1, 0.15) is 34.6 Å². The van der Waals surface area contributed by atoms with E-state index in [0.29, 0.717) is 0 Å². The molecule has 0 saturated carbocycles. The first-order valence-corrected chi connectivity index (χ1v) is 12.4. The van der Waals surface area contributed by atoms with Crippen LogP contribution in [0, 0.1) is 0 Å². The number of carbonyl (C=O) groups is 7. The molecule has 2 fully saturated rings. The monoisotopic (exact) mass is 563 g/mol. The summed E-state index contributed by atoms with van der Waals surface area (Å²) in [7, 11) is 0. The van der Waals surface area contributed by atoms with Gasteiger partial charge in [0, 0.05) is 32.9 Å². The Hall–Kier alpha value is -4.17. The van der Waals surface area contributed by atoms with Crippen molar-refractivity contribution in [1.29, 1.82) is 0 Å². The van der Waals surface area contributed by atoms with Gasteiger partial charge < -0.3 is 15.2 Å². The molecule has 0 spiro atoms. The predicted molar refractivity (Wildman–Crippen MR) is 140 cm³/mol. The summed E-state index contributed by atoms with van der Waals surface area (Å²) in [6.07, 6.45) is 0. The highest BCUT2D eigenvalue weighted by atomic mass is 16.5. The molecular weight excluding hydrogens is 526 g/mol. The molecule has 14 nitrogen and oxygen atoms in total. The van der Waals surface area contributed by atoms with Gasteiger partial charge in [0.15, 0.2) is 13.5 Å². The minimum atomic E-state index is -0.595. The molecule has 14 heteroatoms. The van der Waals surface area contributed by atoms with E-state index in [1.54, 1.807) is 23.6 Å². The number of hydrogen-bond donors (Lipinski definition) is 1. The molecule has 220 valence electrons. The number of nitrogens with zero attached hydrogens (tertiary/aromatic N) is 4. The summed E-state index contributed by atoms with van der Waals surface area (Å²) >= 11 is 0. The molecule has 0 bridgehead atoms. The maximum Gasteiger partial charge on any atom is 0.304 e. The van der Waals surface area contributed by atoms with Crippen molar-refractivity contribution in [3.8, 4) is 0 Å². The third kappa shape index (κ3) is 11.7. The summed E-state index contributed by atoms with van der Waals surface area (Å²) in [6.45, 7) is 6.18. The lowest BCUT2D eigenvalue weighted by atomic mass is 10.1. The number of ether oxygens (including phenoxy) is 2. The summed E-state index contributed by atoms with van der Waals surface area (Å²) in [5, 5.41) is 0. The van der Waals surface area contributed by atoms with Gasteiger partial charge in [-0.1, -0.05) is 36.4 Å². The average molecular weight is 564 g/mol. The van der Waals surface area contributed by atoms with Crippen molar-refractivity contribution in [2.24, 2.45) is 5.73 Å². The third-order valence-corrected chi connectivity index (χ3v) is 5.87. The number of esters is 2. The maximum atomic E-state index is 12.3. The summed E-state index contributed by atoms with van der Waals surface area (Å²) in [6, 6.07) is 11.4. The summed E-state index contributed by atoms with van der Waals surface area (Å²) < 4.78 is 9.47. The van der Waals surface area contributed by atoms with Gasteiger partial charge in [0.25, 0.3) is 0 Å². The van der Waals surface area contributed by atoms with E-state index in [9.17, 15) is 33.6 Å². The van der Waals surface area contributed by atoms with Crippen molar-refractivity contribution < 1.29 is 43.0 Å². The number of nitrogens with two attached hydrogens (primary N) is 1. The van der Waals surface area contributed by atoms with Gasteiger partial charge in [-0.25, -0.2) is 9.80 Å². The molecule has 3 rings (SSSR count). The second kappa shape index (κ2) is 16.7. The van der Waals surface area contributed by atoms with Gasteiger partial charge in [0.2, 0.25) is 29.5 Å². The van der Waals surface area contributed by atoms with Crippen molar-refractivity contribution >= 4 is 41.5 Å². The molecule has 2 atom stereocenters. The van der Waals surface area contributed by atoms with Crippen LogP contribution in [-0.2, 0) is 43.0 Å². The predicted octanol–water partition coefficient (Wildman–Crippen LogP) is -0.676. The zero-order chi connectivity index (χ0) is 30.4. The molecule has 2 N–H and O–H groups in total. The Bertz CT molecular complexity index is 937. The smallest absolute Gasteiger partial charge is 0.304 e. The highest BCUT2D eigenvalue weighted by molar-refractivity contribution is 6.00. The number of amides is 5. The second-order valence-corrected chi connectivity index (χ2v) is 9.02. The van der Waals surface area contributed by atoms with Crippen LogP contribution in [0.4, 0.5) is 0 Å². The lowest BCUT2D eigenvalue weighted by Crippen LogP contribution is -2.63. The van der Waals surface area contributed by atoms with Crippen molar-refractivity contribution in [2.75, 3.05) is 39.6 Å². The van der Waals surface area contributed by atoms with Crippen LogP contribution >= 0.6 is 0 Å². The van der Waals surface area contributed by atoms with Gasteiger partial charge in [-0.05, 0) is 13.8 Å². The Morgan fingerprint density at radius 3 is 1.07 bits per heavy atom. The van der Waals surface area contributed by atoms with E-state index in [1.807, 2.05) is 36.4 Å². The van der Waals surface area contributed by atoms with Crippen LogP contribution < -0.4 is 5.73 Å². The standard InChI is InChI=1S/C18H26N4O8.C6H6.C2H5NO/c1-11(19-5-15(25)21(16(26)6-19)9-29-13(3)23)12(2)20-7-17(27)22(18(28)8-20)10-30-14(4)24;1-2-4-6-5-3-1;1-2(3)4/h11-12H,5-10H2,1-4H3;1-6H;1H3,(H2,3,4). The van der Waals surface area contributed by atoms with Crippen LogP contribution in [0.3, 0.4) is 0 Å². The van der Waals surface area contributed by atoms with Crippen LogP contribution in [0.2, 0.25) is 0 Å². The van der Waals surface area contributed by atoms with Crippen molar-refractivity contribution in [2.45, 2.75) is 46.7 Å². The normalized spacial score (nSPS) is 17.5. The first kappa shape index (κ1) is 33.9. The molecule has 40 heavy (non-hydrogen) atoms. The van der Waals surface area contributed by atoms with Crippen LogP contribution in [0.5, 0.6) is 0 Å². The van der Waals surface area contributed by atoms with E-state index in [2.05, 4.69) is 5.73 Å². The van der Waals surface area contributed by atoms with Crippen LogP contribution in [-0.4, -0.2) is 113 Å². The number of carbonyl (C=O) groups excluding carboxylic acids is 7. The minimum Gasteiger partial charge on any atom is -0.444 e. The van der Waals surface area contributed by atoms with E-state index in [4.69, 9.17) is 9.47 Å². The van der Waals surface area contributed by atoms with Gasteiger partial charge in [0.05, 0.1) is 26.2 Å². The number of piperazine rings is 2. The molecule has 0 radical (unpaired) electrons. The topological polar surface area (TPSA) is 177 Å². The lowest BCUT2D eigenvalue weighted by Gasteiger charge is -2.43. The molecule has 2 saturated heterocycles. The van der Waals surface area contributed by atoms with E-state index < -0.39 is 49.0 Å². The van der Waals surface area contributed by atoms with Crippen LogP contribution in [0.25, 0.3) is 0 Å². The lowest BCUT2D eigenvalue weighted by molar-refractivity contribution is -0.168. The molecule has 2 aliphatic heterocycles. The van der Waals surface area contributed by atoms with E-state index >= 15 is 0 Å². The Labute approximate surface area is 232 Å². The van der Waals surface area contributed by atoms with Gasteiger partial charge in [-0.15, -0.1) is 0 Å². The first-order valence-electron chi connectivity index (χ1n) is 12.4. The molecule has 1 aromatic rings. The molecule has 1 aromatic carbocycles. The summed E-state index contributed by atoms with van der Waals surface area (Å²) in [5.74, 6) is -3.51. The Morgan fingerprint density at radius 2 is 0.875 bits per heavy atom. The molecule has 2 unspecified atom stereocenters. The van der Waals surface area contributed by atoms with E-state index in [0.717, 1.165) is 9.80 Å². The highest BCUT2D eigenvalue weighted by Crippen LogP contribution is 2.18. The van der Waals surface area contributed by atoms with Crippen LogP contribution in [0.15, 0.2) is 36.4 Å². The SMILES string of the molecule is CC(=O)OCN1C(=O)CN(C(C)C(C)N2CC(=O)N(COC(C)=O)C(=O)C2)CC1=O.CC(N)=O.c1ccccc1. The van der Waals surface area contributed by atoms with Gasteiger partial charge in [-0.2, -0.15) is 0 Å². The van der Waals surface area contributed by atoms with E-state index in [-0.39, 0.29) is 44.2 Å². The molecule has 2 aliphatic rings. The zero-order valence-corrected chi connectivity index (χ0v) is 23.4. The third-order valence-electron chi connectivity index (χ3n) is 5.87. The molecule has 0 aliphatic carbocycles. The van der Waals surface area contributed by atoms with Crippen molar-refractivity contribution in [1.82, 2.24) is 19.6 Å². The summed E-state index contributed by atoms with van der Waals surface area (Å²) in [5.41, 5.74) is 4.47. The Balaban J connectivity index is 0.000000672. The van der Waals surface area contributed by atoms with Crippen molar-refractivity contribution in [3.63, 3.8) is 0 Å². The second-order valence-electron chi connectivity index (χ2n) is 9.02. The number of benzene rings is 1. The number of hydrogen-bond acceptors (Lipinski definition) is 11. The maximum absolute atomic E-state index is 12.3. The first-order chi connectivity index (χ1) is 18.7. The molecule has 2 heterocycles. The van der Waals surface area contributed by atoms with Gasteiger partial charge in [-0.3, -0.25) is 43.4 Å². The Morgan fingerprint density at radius 1 is 0.650 bits per heavy atom. The minimum absolute atomic E-state index is 0.0627. The molecule has 5 amide bonds. The fourth-order valence-electron chi connectivity index (χ4n) is 3.60. The Kier molecular flexibility index (Phi) is 14.2. The molecule has 0 aromatic heterocycles. The summed E-state index contributed by atoms with van der Waals surface area (Å²) in [4.78, 5) is 85.4. The fourth-order valence-corrected chi connectivity index (χ4v) is 3.60. The molecular formula is C26H37N5O9. The average Bonchev–Trinajstić information content (AvgIpc) is 2.87. The van der Waals surface area contributed by atoms with Gasteiger partial charge in [0.1, 0.15) is 0 Å². The highest BCUT2D eigenvalue weighted by Gasteiger charge is 2.39. The number of rotatable bonds is 7. The zero-order valence-electron chi connectivity index (χ0n) is 23.4. The van der Waals surface area contributed by atoms with Gasteiger partial charge >= 0.3 is 11.9 Å². The number of imide groups is 2. The quantitative estimate of drug-likeness (QED) is 0.328. The fraction of sp³-hybridized carbons (Fsp3) is 0.500. The van der Waals surface area contributed by atoms with Crippen molar-refractivity contribution in [3.05, 3.63) is 36.4 Å². The van der Waals surface area contributed by atoms with E-state index in [1.165, 1.54) is 20.8 Å².